The van der Waals surface area contributed by atoms with Gasteiger partial charge >= 0.3 is 0 Å². The number of hydrogen-bond donors (Lipinski definition) is 2. The molecule has 184 valence electrons. The van der Waals surface area contributed by atoms with Gasteiger partial charge in [-0.05, 0) is 61.3 Å². The minimum atomic E-state index is -0.628. The largest absolute Gasteiger partial charge is 0.493 e. The number of nitrogens with zero attached hydrogens (tertiary/aromatic N) is 4. The normalized spacial score (nSPS) is 16.0. The van der Waals surface area contributed by atoms with E-state index in [4.69, 9.17) is 15.2 Å². The lowest BCUT2D eigenvalue weighted by Gasteiger charge is -2.32. The lowest BCUT2D eigenvalue weighted by molar-refractivity contribution is -0.118. The van der Waals surface area contributed by atoms with Crippen molar-refractivity contribution in [3.8, 4) is 11.5 Å². The zero-order valence-corrected chi connectivity index (χ0v) is 20.9. The fourth-order valence-electron chi connectivity index (χ4n) is 4.02. The average Bonchev–Trinajstić information content (AvgIpc) is 3.36. The first-order valence-corrected chi connectivity index (χ1v) is 12.0. The number of hydrogen-bond acceptors (Lipinski definition) is 7. The molecule has 0 saturated carbocycles. The van der Waals surface area contributed by atoms with Crippen molar-refractivity contribution >= 4 is 33.4 Å². The first-order chi connectivity index (χ1) is 16.9. The fraction of sp³-hybridized carbons (Fsp3) is 0.333. The molecule has 0 radical (unpaired) electrons. The molecule has 1 saturated heterocycles. The molecule has 1 atom stereocenters. The number of methoxy groups -OCH3 is 1. The number of benzene rings is 2. The van der Waals surface area contributed by atoms with E-state index in [2.05, 4.69) is 36.2 Å². The molecule has 1 aliphatic rings. The van der Waals surface area contributed by atoms with Crippen LogP contribution in [0, 0.1) is 0 Å². The summed E-state index contributed by atoms with van der Waals surface area (Å²) in [5.74, 6) is 0.213. The van der Waals surface area contributed by atoms with Crippen LogP contribution >= 0.6 is 15.9 Å². The minimum absolute atomic E-state index is 0.0352. The number of halogens is 1. The van der Waals surface area contributed by atoms with Gasteiger partial charge < -0.3 is 20.5 Å². The SMILES string of the molecule is COc1cc(CN2CCCC(n3cnc(C(N)=O)n3)C2)ccc1OCC(=O)Nc1ccc(Br)cc1. The smallest absolute Gasteiger partial charge is 0.288 e. The summed E-state index contributed by atoms with van der Waals surface area (Å²) < 4.78 is 13.9. The Labute approximate surface area is 211 Å². The first kappa shape index (κ1) is 24.7. The highest BCUT2D eigenvalue weighted by atomic mass is 79.9. The predicted molar refractivity (Wildman–Crippen MR) is 133 cm³/mol. The lowest BCUT2D eigenvalue weighted by atomic mass is 10.0. The molecule has 2 amide bonds. The molecule has 1 unspecified atom stereocenters. The first-order valence-electron chi connectivity index (χ1n) is 11.2. The maximum absolute atomic E-state index is 12.3. The summed E-state index contributed by atoms with van der Waals surface area (Å²) in [4.78, 5) is 29.9. The van der Waals surface area contributed by atoms with E-state index in [0.717, 1.165) is 36.0 Å². The van der Waals surface area contributed by atoms with E-state index in [0.29, 0.717) is 23.7 Å². The summed E-state index contributed by atoms with van der Waals surface area (Å²) in [6.07, 6.45) is 3.52. The van der Waals surface area contributed by atoms with Gasteiger partial charge in [-0.1, -0.05) is 22.0 Å². The Morgan fingerprint density at radius 3 is 2.71 bits per heavy atom. The van der Waals surface area contributed by atoms with Crippen LogP contribution in [0.1, 0.15) is 35.1 Å². The maximum Gasteiger partial charge on any atom is 0.288 e. The van der Waals surface area contributed by atoms with Gasteiger partial charge in [0.1, 0.15) is 6.33 Å². The Balaban J connectivity index is 1.33. The number of ether oxygens (including phenoxy) is 2. The maximum atomic E-state index is 12.3. The van der Waals surface area contributed by atoms with E-state index in [1.54, 1.807) is 18.1 Å². The number of nitrogens with two attached hydrogens (primary N) is 1. The standard InChI is InChI=1S/C24H27BrN6O4/c1-34-21-11-16(4-9-20(21)35-14-22(32)28-18-7-5-17(25)6-8-18)12-30-10-2-3-19(13-30)31-15-27-24(29-31)23(26)33/h4-9,11,15,19H,2-3,10,12-14H2,1H3,(H2,26,33)(H,28,32). The molecular weight excluding hydrogens is 516 g/mol. The second-order valence-corrected chi connectivity index (χ2v) is 9.19. The van der Waals surface area contributed by atoms with Crippen molar-refractivity contribution in [2.24, 2.45) is 5.73 Å². The number of amides is 2. The third-order valence-electron chi connectivity index (χ3n) is 5.70. The number of aromatic nitrogens is 3. The minimum Gasteiger partial charge on any atom is -0.493 e. The molecule has 1 fully saturated rings. The van der Waals surface area contributed by atoms with E-state index in [1.807, 2.05) is 42.5 Å². The Bertz CT molecular complexity index is 1180. The van der Waals surface area contributed by atoms with Crippen molar-refractivity contribution in [1.29, 1.82) is 0 Å². The van der Waals surface area contributed by atoms with Gasteiger partial charge in [-0.15, -0.1) is 5.10 Å². The number of anilines is 1. The molecular formula is C24H27BrN6O4. The Morgan fingerprint density at radius 1 is 1.20 bits per heavy atom. The van der Waals surface area contributed by atoms with E-state index in [9.17, 15) is 9.59 Å². The summed E-state index contributed by atoms with van der Waals surface area (Å²) >= 11 is 3.37. The highest BCUT2D eigenvalue weighted by Crippen LogP contribution is 2.30. The molecule has 0 spiro atoms. The number of piperidine rings is 1. The quantitative estimate of drug-likeness (QED) is 0.425. The molecule has 3 aromatic rings. The summed E-state index contributed by atoms with van der Waals surface area (Å²) in [6.45, 7) is 2.31. The molecule has 0 bridgehead atoms. The molecule has 1 aromatic heterocycles. The van der Waals surface area contributed by atoms with Crippen molar-refractivity contribution in [3.63, 3.8) is 0 Å². The predicted octanol–water partition coefficient (Wildman–Crippen LogP) is 3.00. The van der Waals surface area contributed by atoms with Crippen LogP contribution in [0.4, 0.5) is 5.69 Å². The topological polar surface area (TPSA) is 125 Å². The third-order valence-corrected chi connectivity index (χ3v) is 6.23. The molecule has 2 aromatic carbocycles. The van der Waals surface area contributed by atoms with Gasteiger partial charge in [0.2, 0.25) is 5.82 Å². The second-order valence-electron chi connectivity index (χ2n) is 8.27. The zero-order chi connectivity index (χ0) is 24.8. The summed E-state index contributed by atoms with van der Waals surface area (Å²) in [7, 11) is 1.58. The average molecular weight is 543 g/mol. The summed E-state index contributed by atoms with van der Waals surface area (Å²) in [5, 5.41) is 7.01. The van der Waals surface area contributed by atoms with Gasteiger partial charge in [0.15, 0.2) is 18.1 Å². The number of nitrogens with one attached hydrogen (secondary N) is 1. The Kier molecular flexibility index (Phi) is 7.98. The van der Waals surface area contributed by atoms with Gasteiger partial charge in [-0.25, -0.2) is 9.67 Å². The zero-order valence-electron chi connectivity index (χ0n) is 19.3. The van der Waals surface area contributed by atoms with Crippen molar-refractivity contribution in [2.45, 2.75) is 25.4 Å². The third kappa shape index (κ3) is 6.58. The molecule has 3 N–H and O–H groups in total. The summed E-state index contributed by atoms with van der Waals surface area (Å²) in [5.41, 5.74) is 7.03. The van der Waals surface area contributed by atoms with Crippen molar-refractivity contribution in [2.75, 3.05) is 32.1 Å². The summed E-state index contributed by atoms with van der Waals surface area (Å²) in [6, 6.07) is 13.2. The highest BCUT2D eigenvalue weighted by molar-refractivity contribution is 9.10. The monoisotopic (exact) mass is 542 g/mol. The molecule has 35 heavy (non-hydrogen) atoms. The van der Waals surface area contributed by atoms with Crippen LogP contribution in [0.2, 0.25) is 0 Å². The number of carbonyl (C=O) groups excluding carboxylic acids is 2. The van der Waals surface area contributed by atoms with Gasteiger partial charge in [-0.3, -0.25) is 14.5 Å². The van der Waals surface area contributed by atoms with Crippen LogP contribution in [0.3, 0.4) is 0 Å². The number of rotatable bonds is 9. The van der Waals surface area contributed by atoms with E-state index >= 15 is 0 Å². The molecule has 4 rings (SSSR count). The Morgan fingerprint density at radius 2 is 2.00 bits per heavy atom. The van der Waals surface area contributed by atoms with Crippen molar-refractivity contribution in [3.05, 3.63) is 64.7 Å². The van der Waals surface area contributed by atoms with Gasteiger partial charge in [-0.2, -0.15) is 0 Å². The van der Waals surface area contributed by atoms with Gasteiger partial charge in [0.25, 0.3) is 11.8 Å². The van der Waals surface area contributed by atoms with Crippen LogP contribution in [0.5, 0.6) is 11.5 Å². The lowest BCUT2D eigenvalue weighted by Crippen LogP contribution is -2.36. The number of primary amides is 1. The van der Waals surface area contributed by atoms with E-state index in [-0.39, 0.29) is 24.4 Å². The molecule has 1 aliphatic heterocycles. The van der Waals surface area contributed by atoms with Crippen molar-refractivity contribution < 1.29 is 19.1 Å². The number of carbonyl (C=O) groups is 2. The second kappa shape index (κ2) is 11.3. The number of likely N-dealkylation sites (tertiary alicyclic amines) is 1. The van der Waals surface area contributed by atoms with E-state index in [1.165, 1.54) is 0 Å². The van der Waals surface area contributed by atoms with Gasteiger partial charge in [0, 0.05) is 23.2 Å². The molecule has 0 aliphatic carbocycles. The Hall–Kier alpha value is -3.44. The molecule has 2 heterocycles. The van der Waals surface area contributed by atoms with Gasteiger partial charge in [0.05, 0.1) is 13.2 Å². The molecule has 10 nitrogen and oxygen atoms in total. The van der Waals surface area contributed by atoms with E-state index < -0.39 is 5.91 Å². The van der Waals surface area contributed by atoms with Crippen LogP contribution in [-0.2, 0) is 11.3 Å². The van der Waals surface area contributed by atoms with Crippen LogP contribution in [-0.4, -0.2) is 58.3 Å². The fourth-order valence-corrected chi connectivity index (χ4v) is 4.28. The molecule has 11 heteroatoms. The highest BCUT2D eigenvalue weighted by Gasteiger charge is 2.23. The van der Waals surface area contributed by atoms with Crippen LogP contribution in [0.25, 0.3) is 0 Å². The van der Waals surface area contributed by atoms with Crippen LogP contribution < -0.4 is 20.5 Å². The van der Waals surface area contributed by atoms with Crippen LogP contribution in [0.15, 0.2) is 53.3 Å². The van der Waals surface area contributed by atoms with Crippen molar-refractivity contribution in [1.82, 2.24) is 19.7 Å².